The first kappa shape index (κ1) is 27.0. The molecule has 172 valence electrons. The molecular formula is C26H40N2O3. The number of hydrogen-bond acceptors (Lipinski definition) is 5. The van der Waals surface area contributed by atoms with E-state index < -0.39 is 0 Å². The molecule has 0 aromatic heterocycles. The lowest BCUT2D eigenvalue weighted by Gasteiger charge is -2.19. The molecule has 2 rings (SSSR count). The Morgan fingerprint density at radius 2 is 1.03 bits per heavy atom. The molecule has 0 spiro atoms. The van der Waals surface area contributed by atoms with Crippen molar-refractivity contribution in [2.45, 2.75) is 65.6 Å². The van der Waals surface area contributed by atoms with Gasteiger partial charge in [0.2, 0.25) is 0 Å². The quantitative estimate of drug-likeness (QED) is 0.292. The molecule has 0 amide bonds. The third kappa shape index (κ3) is 12.4. The molecule has 0 saturated carbocycles. The normalized spacial score (nSPS) is 15.0. The molecule has 5 heteroatoms. The first-order valence-electron chi connectivity index (χ1n) is 11.4. The van der Waals surface area contributed by atoms with Gasteiger partial charge in [-0.1, -0.05) is 64.1 Å². The van der Waals surface area contributed by atoms with E-state index in [0.717, 1.165) is 37.1 Å². The fourth-order valence-electron chi connectivity index (χ4n) is 2.93. The van der Waals surface area contributed by atoms with Crippen LogP contribution in [0.2, 0.25) is 0 Å². The molecule has 0 saturated heterocycles. The summed E-state index contributed by atoms with van der Waals surface area (Å²) in [5.74, 6) is 0.609. The summed E-state index contributed by atoms with van der Waals surface area (Å²) < 4.78 is 5.54. The van der Waals surface area contributed by atoms with Crippen LogP contribution in [0.3, 0.4) is 0 Å². The SMILES string of the molecule is CCC(O)C(C)CCOCCC(C)C(O)CC.c1ccc(N=Nc2ccccc2)cc1. The van der Waals surface area contributed by atoms with Crippen LogP contribution in [-0.4, -0.2) is 35.6 Å². The number of ether oxygens (including phenoxy) is 1. The second kappa shape index (κ2) is 16.6. The third-order valence-electron chi connectivity index (χ3n) is 5.38. The molecule has 4 unspecified atom stereocenters. The van der Waals surface area contributed by atoms with E-state index in [2.05, 4.69) is 24.1 Å². The number of aliphatic hydroxyl groups excluding tert-OH is 2. The van der Waals surface area contributed by atoms with Crippen molar-refractivity contribution in [2.75, 3.05) is 13.2 Å². The van der Waals surface area contributed by atoms with Crippen molar-refractivity contribution in [3.05, 3.63) is 60.7 Å². The van der Waals surface area contributed by atoms with Gasteiger partial charge in [0, 0.05) is 13.2 Å². The Bertz CT molecular complexity index is 635. The molecule has 2 aromatic rings. The summed E-state index contributed by atoms with van der Waals surface area (Å²) in [4.78, 5) is 0. The highest BCUT2D eigenvalue weighted by molar-refractivity contribution is 5.39. The number of benzene rings is 2. The monoisotopic (exact) mass is 428 g/mol. The van der Waals surface area contributed by atoms with E-state index in [4.69, 9.17) is 4.74 Å². The molecule has 2 aromatic carbocycles. The Morgan fingerprint density at radius 3 is 1.35 bits per heavy atom. The molecule has 0 radical (unpaired) electrons. The molecule has 0 fully saturated rings. The molecule has 0 aliphatic rings. The van der Waals surface area contributed by atoms with E-state index in [0.29, 0.717) is 25.0 Å². The van der Waals surface area contributed by atoms with Crippen molar-refractivity contribution in [1.29, 1.82) is 0 Å². The Labute approximate surface area is 188 Å². The van der Waals surface area contributed by atoms with Crippen LogP contribution in [0.15, 0.2) is 70.9 Å². The van der Waals surface area contributed by atoms with Gasteiger partial charge < -0.3 is 14.9 Å². The van der Waals surface area contributed by atoms with Crippen LogP contribution in [0.25, 0.3) is 0 Å². The summed E-state index contributed by atoms with van der Waals surface area (Å²) in [5.41, 5.74) is 1.74. The first-order chi connectivity index (χ1) is 15.0. The number of aliphatic hydroxyl groups is 2. The van der Waals surface area contributed by atoms with Gasteiger partial charge in [-0.05, 0) is 61.8 Å². The number of nitrogens with zero attached hydrogens (tertiary/aromatic N) is 2. The van der Waals surface area contributed by atoms with E-state index in [1.54, 1.807) is 0 Å². The van der Waals surface area contributed by atoms with Crippen LogP contribution in [0.4, 0.5) is 11.4 Å². The maximum absolute atomic E-state index is 9.59. The van der Waals surface area contributed by atoms with Gasteiger partial charge in [-0.25, -0.2) is 0 Å². The Hall–Kier alpha value is -2.08. The van der Waals surface area contributed by atoms with Gasteiger partial charge in [0.15, 0.2) is 0 Å². The maximum Gasteiger partial charge on any atom is 0.0857 e. The van der Waals surface area contributed by atoms with Gasteiger partial charge in [-0.3, -0.25) is 0 Å². The van der Waals surface area contributed by atoms with Gasteiger partial charge in [0.25, 0.3) is 0 Å². The Kier molecular flexibility index (Phi) is 14.4. The molecule has 0 heterocycles. The van der Waals surface area contributed by atoms with E-state index in [1.807, 2.05) is 74.5 Å². The highest BCUT2D eigenvalue weighted by atomic mass is 16.5. The molecular weight excluding hydrogens is 388 g/mol. The van der Waals surface area contributed by atoms with Gasteiger partial charge in [0.05, 0.1) is 23.6 Å². The molecule has 2 N–H and O–H groups in total. The van der Waals surface area contributed by atoms with Crippen molar-refractivity contribution in [3.8, 4) is 0 Å². The van der Waals surface area contributed by atoms with E-state index in [1.165, 1.54) is 0 Å². The minimum Gasteiger partial charge on any atom is -0.393 e. The summed E-state index contributed by atoms with van der Waals surface area (Å²) in [6, 6.07) is 19.4. The fourth-order valence-corrected chi connectivity index (χ4v) is 2.93. The number of azo groups is 1. The standard InChI is InChI=1S/C14H30O3.C12H10N2/c1-5-13(15)11(3)7-9-17-10-8-12(4)14(16)6-2;1-3-7-11(8-4-1)13-14-12-9-5-2-6-10-12/h11-16H,5-10H2,1-4H3;1-10H. The molecule has 31 heavy (non-hydrogen) atoms. The maximum atomic E-state index is 9.59. The second-order valence-electron chi connectivity index (χ2n) is 7.97. The minimum atomic E-state index is -0.209. The van der Waals surface area contributed by atoms with Crippen molar-refractivity contribution in [1.82, 2.24) is 0 Å². The topological polar surface area (TPSA) is 74.4 Å². The van der Waals surface area contributed by atoms with E-state index in [-0.39, 0.29) is 12.2 Å². The zero-order valence-electron chi connectivity index (χ0n) is 19.5. The predicted molar refractivity (Wildman–Crippen MR) is 128 cm³/mol. The second-order valence-corrected chi connectivity index (χ2v) is 7.97. The van der Waals surface area contributed by atoms with Crippen LogP contribution in [0, 0.1) is 11.8 Å². The lowest BCUT2D eigenvalue weighted by Crippen LogP contribution is -2.20. The summed E-state index contributed by atoms with van der Waals surface area (Å²) in [5, 5.41) is 27.4. The number of rotatable bonds is 12. The largest absolute Gasteiger partial charge is 0.393 e. The summed E-state index contributed by atoms with van der Waals surface area (Å²) in [7, 11) is 0. The molecule has 0 aliphatic heterocycles. The molecule has 4 atom stereocenters. The summed E-state index contributed by atoms with van der Waals surface area (Å²) in [6.07, 6.45) is 3.00. The number of hydrogen-bond donors (Lipinski definition) is 2. The average Bonchev–Trinajstić information content (AvgIpc) is 2.82. The predicted octanol–water partition coefficient (Wildman–Crippen LogP) is 6.70. The van der Waals surface area contributed by atoms with E-state index >= 15 is 0 Å². The lowest BCUT2D eigenvalue weighted by atomic mass is 9.99. The van der Waals surface area contributed by atoms with Crippen molar-refractivity contribution >= 4 is 11.4 Å². The van der Waals surface area contributed by atoms with Crippen LogP contribution < -0.4 is 0 Å². The van der Waals surface area contributed by atoms with Crippen LogP contribution >= 0.6 is 0 Å². The fraction of sp³-hybridized carbons (Fsp3) is 0.538. The van der Waals surface area contributed by atoms with Crippen molar-refractivity contribution in [3.63, 3.8) is 0 Å². The molecule has 5 nitrogen and oxygen atoms in total. The summed E-state index contributed by atoms with van der Waals surface area (Å²) >= 11 is 0. The Morgan fingerprint density at radius 1 is 0.677 bits per heavy atom. The van der Waals surface area contributed by atoms with Crippen LogP contribution in [0.1, 0.15) is 53.4 Å². The molecule has 0 bridgehead atoms. The van der Waals surface area contributed by atoms with Gasteiger partial charge >= 0.3 is 0 Å². The van der Waals surface area contributed by atoms with Crippen LogP contribution in [0.5, 0.6) is 0 Å². The highest BCUT2D eigenvalue weighted by Gasteiger charge is 2.13. The van der Waals surface area contributed by atoms with Crippen LogP contribution in [-0.2, 0) is 4.74 Å². The lowest BCUT2D eigenvalue weighted by molar-refractivity contribution is 0.0506. The Balaban J connectivity index is 0.000000314. The zero-order valence-corrected chi connectivity index (χ0v) is 19.5. The van der Waals surface area contributed by atoms with E-state index in [9.17, 15) is 10.2 Å². The average molecular weight is 429 g/mol. The third-order valence-corrected chi connectivity index (χ3v) is 5.38. The smallest absolute Gasteiger partial charge is 0.0857 e. The van der Waals surface area contributed by atoms with Gasteiger partial charge in [-0.2, -0.15) is 10.2 Å². The van der Waals surface area contributed by atoms with Gasteiger partial charge in [0.1, 0.15) is 0 Å². The van der Waals surface area contributed by atoms with Crippen molar-refractivity contribution < 1.29 is 14.9 Å². The summed E-state index contributed by atoms with van der Waals surface area (Å²) in [6.45, 7) is 9.51. The zero-order chi connectivity index (χ0) is 22.9. The highest BCUT2D eigenvalue weighted by Crippen LogP contribution is 2.16. The minimum absolute atomic E-state index is 0.209. The van der Waals surface area contributed by atoms with Gasteiger partial charge in [-0.15, -0.1) is 0 Å². The molecule has 0 aliphatic carbocycles. The van der Waals surface area contributed by atoms with Crippen molar-refractivity contribution in [2.24, 2.45) is 22.1 Å². The first-order valence-corrected chi connectivity index (χ1v) is 11.4.